The zero-order valence-corrected chi connectivity index (χ0v) is 16.5. The van der Waals surface area contributed by atoms with E-state index < -0.39 is 6.03 Å². The quantitative estimate of drug-likeness (QED) is 0.470. The maximum absolute atomic E-state index is 13.6. The van der Waals surface area contributed by atoms with Crippen LogP contribution < -0.4 is 21.3 Å². The summed E-state index contributed by atoms with van der Waals surface area (Å²) in [6, 6.07) is 13.1. The monoisotopic (exact) mass is 394 g/mol. The summed E-state index contributed by atoms with van der Waals surface area (Å²) in [5.74, 6) is 0.876. The molecule has 0 fully saturated rings. The minimum absolute atomic E-state index is 0.365. The summed E-state index contributed by atoms with van der Waals surface area (Å²) < 4.78 is 13.6. The predicted octanol–water partition coefficient (Wildman–Crippen LogP) is 5.05. The van der Waals surface area contributed by atoms with Crippen molar-refractivity contribution in [3.63, 3.8) is 0 Å². The van der Waals surface area contributed by atoms with Gasteiger partial charge in [0.2, 0.25) is 5.95 Å². The molecule has 3 rings (SSSR count). The summed E-state index contributed by atoms with van der Waals surface area (Å²) in [4.78, 5) is 20.8. The van der Waals surface area contributed by atoms with Crippen molar-refractivity contribution in [2.75, 3.05) is 27.8 Å². The number of nitrogens with one attached hydrogen (secondary N) is 4. The second-order valence-electron chi connectivity index (χ2n) is 6.49. The van der Waals surface area contributed by atoms with Crippen LogP contribution in [0.15, 0.2) is 48.5 Å². The molecule has 1 heterocycles. The van der Waals surface area contributed by atoms with Crippen molar-refractivity contribution in [3.05, 3.63) is 65.6 Å². The molecule has 29 heavy (non-hydrogen) atoms. The number of rotatable bonds is 6. The van der Waals surface area contributed by atoms with Crippen molar-refractivity contribution in [1.29, 1.82) is 0 Å². The van der Waals surface area contributed by atoms with Gasteiger partial charge in [0.15, 0.2) is 0 Å². The van der Waals surface area contributed by atoms with Crippen molar-refractivity contribution in [3.8, 4) is 0 Å². The smallest absolute Gasteiger partial charge is 0.323 e. The highest BCUT2D eigenvalue weighted by Crippen LogP contribution is 2.20. The standard InChI is InChI=1S/C21H23FN6O/c1-4-23-20-24-14(3)11-19(28-20)25-15-7-9-16(10-8-15)26-21(29)27-17-6-5-13(2)18(22)12-17/h5-12H,4H2,1-3H3,(H2,26,27,29)(H2,23,24,25,28). The number of benzene rings is 2. The molecule has 0 radical (unpaired) electrons. The minimum Gasteiger partial charge on any atom is -0.354 e. The summed E-state index contributed by atoms with van der Waals surface area (Å²) in [6.45, 7) is 6.29. The van der Waals surface area contributed by atoms with Crippen LogP contribution in [0.4, 0.5) is 38.0 Å². The SMILES string of the molecule is CCNc1nc(C)cc(Nc2ccc(NC(=O)Nc3ccc(C)c(F)c3)cc2)n1. The average Bonchev–Trinajstić information content (AvgIpc) is 2.66. The molecule has 0 saturated heterocycles. The van der Waals surface area contributed by atoms with E-state index >= 15 is 0 Å². The molecule has 8 heteroatoms. The van der Waals surface area contributed by atoms with Crippen LogP contribution in [-0.4, -0.2) is 22.5 Å². The number of amides is 2. The third-order valence-corrected chi connectivity index (χ3v) is 4.03. The Morgan fingerprint density at radius 3 is 2.28 bits per heavy atom. The van der Waals surface area contributed by atoms with E-state index in [9.17, 15) is 9.18 Å². The van der Waals surface area contributed by atoms with Crippen LogP contribution in [0.25, 0.3) is 0 Å². The first kappa shape index (κ1) is 20.1. The van der Waals surface area contributed by atoms with E-state index in [2.05, 4.69) is 31.2 Å². The van der Waals surface area contributed by atoms with Gasteiger partial charge < -0.3 is 21.3 Å². The van der Waals surface area contributed by atoms with E-state index in [1.54, 1.807) is 31.2 Å². The van der Waals surface area contributed by atoms with E-state index in [0.29, 0.717) is 28.7 Å². The molecule has 0 saturated carbocycles. The Hall–Kier alpha value is -3.68. The number of halogens is 1. The minimum atomic E-state index is -0.448. The Labute approximate surface area is 168 Å². The summed E-state index contributed by atoms with van der Waals surface area (Å²) >= 11 is 0. The topological polar surface area (TPSA) is 91.0 Å². The Bertz CT molecular complexity index is 1010. The molecule has 7 nitrogen and oxygen atoms in total. The second-order valence-corrected chi connectivity index (χ2v) is 6.49. The molecule has 0 aliphatic carbocycles. The van der Waals surface area contributed by atoms with E-state index in [1.807, 2.05) is 32.0 Å². The highest BCUT2D eigenvalue weighted by Gasteiger charge is 2.06. The van der Waals surface area contributed by atoms with E-state index in [1.165, 1.54) is 6.07 Å². The van der Waals surface area contributed by atoms with Gasteiger partial charge in [-0.25, -0.2) is 14.2 Å². The maximum Gasteiger partial charge on any atom is 0.323 e. The molecule has 3 aromatic rings. The largest absolute Gasteiger partial charge is 0.354 e. The van der Waals surface area contributed by atoms with Crippen molar-refractivity contribution in [2.45, 2.75) is 20.8 Å². The van der Waals surface area contributed by atoms with Gasteiger partial charge in [-0.3, -0.25) is 0 Å². The lowest BCUT2D eigenvalue weighted by atomic mass is 10.2. The summed E-state index contributed by atoms with van der Waals surface area (Å²) in [7, 11) is 0. The van der Waals surface area contributed by atoms with Gasteiger partial charge in [0.1, 0.15) is 11.6 Å². The molecule has 1 aromatic heterocycles. The molecular weight excluding hydrogens is 371 g/mol. The fourth-order valence-corrected chi connectivity index (χ4v) is 2.62. The molecule has 0 unspecified atom stereocenters. The van der Waals surface area contributed by atoms with Gasteiger partial charge in [-0.05, 0) is 62.7 Å². The van der Waals surface area contributed by atoms with E-state index in [4.69, 9.17) is 0 Å². The number of aryl methyl sites for hydroxylation is 2. The number of hydrogen-bond acceptors (Lipinski definition) is 5. The van der Waals surface area contributed by atoms with Crippen LogP contribution in [0.5, 0.6) is 0 Å². The van der Waals surface area contributed by atoms with Crippen LogP contribution in [0.1, 0.15) is 18.2 Å². The molecule has 2 amide bonds. The fraction of sp³-hybridized carbons (Fsp3) is 0.190. The summed E-state index contributed by atoms with van der Waals surface area (Å²) in [5.41, 5.74) is 3.18. The van der Waals surface area contributed by atoms with Crippen LogP contribution in [0.3, 0.4) is 0 Å². The first-order valence-corrected chi connectivity index (χ1v) is 9.23. The number of hydrogen-bond donors (Lipinski definition) is 4. The van der Waals surface area contributed by atoms with E-state index in [-0.39, 0.29) is 5.82 Å². The Kier molecular flexibility index (Phi) is 6.23. The first-order chi connectivity index (χ1) is 13.9. The van der Waals surface area contributed by atoms with Gasteiger partial charge in [-0.1, -0.05) is 6.07 Å². The second kappa shape index (κ2) is 9.01. The van der Waals surface area contributed by atoms with Crippen molar-refractivity contribution < 1.29 is 9.18 Å². The highest BCUT2D eigenvalue weighted by atomic mass is 19.1. The average molecular weight is 394 g/mol. The molecule has 0 spiro atoms. The van der Waals surface area contributed by atoms with Crippen LogP contribution in [-0.2, 0) is 0 Å². The van der Waals surface area contributed by atoms with Gasteiger partial charge in [-0.15, -0.1) is 0 Å². The van der Waals surface area contributed by atoms with Crippen molar-refractivity contribution in [2.24, 2.45) is 0 Å². The molecule has 0 bridgehead atoms. The van der Waals surface area contributed by atoms with Gasteiger partial charge in [0.25, 0.3) is 0 Å². The lowest BCUT2D eigenvalue weighted by molar-refractivity contribution is 0.262. The van der Waals surface area contributed by atoms with Gasteiger partial charge in [-0.2, -0.15) is 4.98 Å². The zero-order valence-electron chi connectivity index (χ0n) is 16.5. The molecule has 0 aliphatic rings. The van der Waals surface area contributed by atoms with Gasteiger partial charge in [0, 0.05) is 35.4 Å². The van der Waals surface area contributed by atoms with Gasteiger partial charge >= 0.3 is 6.03 Å². The van der Waals surface area contributed by atoms with Crippen molar-refractivity contribution in [1.82, 2.24) is 9.97 Å². The third kappa shape index (κ3) is 5.65. The number of carbonyl (C=O) groups excluding carboxylic acids is 1. The normalized spacial score (nSPS) is 10.3. The van der Waals surface area contributed by atoms with E-state index in [0.717, 1.165) is 17.9 Å². The zero-order chi connectivity index (χ0) is 20.8. The molecule has 150 valence electrons. The molecule has 2 aromatic carbocycles. The fourth-order valence-electron chi connectivity index (χ4n) is 2.62. The lowest BCUT2D eigenvalue weighted by Gasteiger charge is -2.11. The molecule has 0 atom stereocenters. The predicted molar refractivity (Wildman–Crippen MR) is 114 cm³/mol. The van der Waals surface area contributed by atoms with Crippen molar-refractivity contribution >= 4 is 34.9 Å². The Morgan fingerprint density at radius 1 is 0.931 bits per heavy atom. The lowest BCUT2D eigenvalue weighted by Crippen LogP contribution is -2.19. The molecular formula is C21H23FN6O. The van der Waals surface area contributed by atoms with Crippen LogP contribution >= 0.6 is 0 Å². The van der Waals surface area contributed by atoms with Crippen LogP contribution in [0.2, 0.25) is 0 Å². The molecule has 4 N–H and O–H groups in total. The number of carbonyl (C=O) groups is 1. The van der Waals surface area contributed by atoms with Crippen LogP contribution in [0, 0.1) is 19.7 Å². The number of anilines is 5. The number of nitrogens with zero attached hydrogens (tertiary/aromatic N) is 2. The van der Waals surface area contributed by atoms with Gasteiger partial charge in [0.05, 0.1) is 0 Å². The molecule has 0 aliphatic heterocycles. The first-order valence-electron chi connectivity index (χ1n) is 9.23. The Balaban J connectivity index is 1.61. The summed E-state index contributed by atoms with van der Waals surface area (Å²) in [6.07, 6.45) is 0. The number of urea groups is 1. The maximum atomic E-state index is 13.6. The highest BCUT2D eigenvalue weighted by molar-refractivity contribution is 5.99. The summed E-state index contributed by atoms with van der Waals surface area (Å²) in [5, 5.41) is 11.6. The third-order valence-electron chi connectivity index (χ3n) is 4.03. The number of aromatic nitrogens is 2. The Morgan fingerprint density at radius 2 is 1.59 bits per heavy atom.